The summed E-state index contributed by atoms with van der Waals surface area (Å²) in [4.78, 5) is 11.2. The van der Waals surface area contributed by atoms with Crippen molar-refractivity contribution < 1.29 is 4.79 Å². The van der Waals surface area contributed by atoms with E-state index in [1.165, 1.54) is 5.56 Å². The largest absolute Gasteiger partial charge is 0.347 e. The minimum atomic E-state index is 0.109. The molecule has 2 heteroatoms. The molecule has 2 nitrogen and oxygen atoms in total. The van der Waals surface area contributed by atoms with Gasteiger partial charge in [-0.15, -0.1) is 0 Å². The van der Waals surface area contributed by atoms with Gasteiger partial charge in [0.2, 0.25) is 0 Å². The fraction of sp³-hybridized carbons (Fsp3) is 0.400. The molecule has 0 unspecified atom stereocenters. The van der Waals surface area contributed by atoms with Crippen molar-refractivity contribution in [1.82, 2.24) is 4.57 Å². The Morgan fingerprint density at radius 1 is 1.24 bits per heavy atom. The lowest BCUT2D eigenvalue weighted by molar-refractivity contribution is 0.112. The highest BCUT2D eigenvalue weighted by Crippen LogP contribution is 2.29. The molecular formula is C15H19NO. The number of hydrogen-bond donors (Lipinski definition) is 0. The zero-order chi connectivity index (χ0) is 12.8. The Kier molecular flexibility index (Phi) is 2.61. The lowest BCUT2D eigenvalue weighted by atomic mass is 9.86. The van der Waals surface area contributed by atoms with Crippen LogP contribution in [0.5, 0.6) is 0 Å². The molecule has 0 saturated carbocycles. The van der Waals surface area contributed by atoms with E-state index in [2.05, 4.69) is 43.5 Å². The number of aryl methyl sites for hydroxylation is 1. The average Bonchev–Trinajstić information content (AvgIpc) is 2.50. The van der Waals surface area contributed by atoms with Gasteiger partial charge in [0.05, 0.1) is 0 Å². The topological polar surface area (TPSA) is 22.0 Å². The van der Waals surface area contributed by atoms with E-state index in [0.29, 0.717) is 0 Å². The molecule has 2 rings (SSSR count). The highest BCUT2D eigenvalue weighted by atomic mass is 16.1. The number of fused-ring (bicyclic) bond motifs is 1. The molecule has 0 aliphatic heterocycles. The van der Waals surface area contributed by atoms with Gasteiger partial charge in [-0.1, -0.05) is 26.8 Å². The first-order valence-electron chi connectivity index (χ1n) is 5.91. The molecule has 17 heavy (non-hydrogen) atoms. The van der Waals surface area contributed by atoms with Gasteiger partial charge in [0, 0.05) is 29.2 Å². The highest BCUT2D eigenvalue weighted by molar-refractivity contribution is 5.99. The van der Waals surface area contributed by atoms with Crippen LogP contribution in [-0.4, -0.2) is 10.9 Å². The molecule has 0 saturated heterocycles. The predicted octanol–water partition coefficient (Wildman–Crippen LogP) is 3.60. The van der Waals surface area contributed by atoms with Crippen molar-refractivity contribution in [3.63, 3.8) is 0 Å². The van der Waals surface area contributed by atoms with Crippen molar-refractivity contribution >= 4 is 17.2 Å². The molecule has 0 N–H and O–H groups in total. The second kappa shape index (κ2) is 3.73. The van der Waals surface area contributed by atoms with Gasteiger partial charge in [0.25, 0.3) is 0 Å². The molecule has 0 fully saturated rings. The molecule has 0 radical (unpaired) electrons. The maximum Gasteiger partial charge on any atom is 0.152 e. The number of nitrogens with zero attached hydrogens (tertiary/aromatic N) is 1. The normalized spacial score (nSPS) is 12.1. The molecule has 1 aromatic heterocycles. The van der Waals surface area contributed by atoms with Crippen LogP contribution in [0.1, 0.15) is 42.4 Å². The Morgan fingerprint density at radius 3 is 2.41 bits per heavy atom. The number of benzene rings is 1. The minimum Gasteiger partial charge on any atom is -0.347 e. The summed E-state index contributed by atoms with van der Waals surface area (Å²) in [6.07, 6.45) is 0.962. The van der Waals surface area contributed by atoms with E-state index in [1.807, 2.05) is 14.0 Å². The van der Waals surface area contributed by atoms with Gasteiger partial charge in [0.1, 0.15) is 0 Å². The number of hydrogen-bond acceptors (Lipinski definition) is 1. The number of rotatable bonds is 1. The molecule has 1 heterocycles. The molecule has 0 aliphatic carbocycles. The highest BCUT2D eigenvalue weighted by Gasteiger charge is 2.17. The first-order valence-corrected chi connectivity index (χ1v) is 5.91. The van der Waals surface area contributed by atoms with E-state index in [9.17, 15) is 4.79 Å². The molecule has 1 aromatic carbocycles. The first-order chi connectivity index (χ1) is 7.86. The van der Waals surface area contributed by atoms with Gasteiger partial charge >= 0.3 is 0 Å². The van der Waals surface area contributed by atoms with Crippen molar-refractivity contribution in [3.05, 3.63) is 35.0 Å². The Balaban J connectivity index is 2.81. The van der Waals surface area contributed by atoms with Crippen LogP contribution in [-0.2, 0) is 12.5 Å². The van der Waals surface area contributed by atoms with Gasteiger partial charge in [0.15, 0.2) is 6.29 Å². The Morgan fingerprint density at radius 2 is 1.88 bits per heavy atom. The van der Waals surface area contributed by atoms with Crippen molar-refractivity contribution in [3.8, 4) is 0 Å². The lowest BCUT2D eigenvalue weighted by Gasteiger charge is -2.19. The third-order valence-electron chi connectivity index (χ3n) is 3.52. The second-order valence-electron chi connectivity index (χ2n) is 5.66. The van der Waals surface area contributed by atoms with Gasteiger partial charge in [-0.2, -0.15) is 0 Å². The molecule has 90 valence electrons. The van der Waals surface area contributed by atoms with Gasteiger partial charge in [-0.25, -0.2) is 0 Å². The van der Waals surface area contributed by atoms with Crippen molar-refractivity contribution in [2.24, 2.45) is 7.05 Å². The average molecular weight is 229 g/mol. The van der Waals surface area contributed by atoms with Crippen molar-refractivity contribution in [2.45, 2.75) is 33.1 Å². The quantitative estimate of drug-likeness (QED) is 0.685. The molecule has 2 aromatic rings. The number of aromatic nitrogens is 1. The van der Waals surface area contributed by atoms with Crippen LogP contribution in [0.3, 0.4) is 0 Å². The third-order valence-corrected chi connectivity index (χ3v) is 3.52. The zero-order valence-electron chi connectivity index (χ0n) is 11.2. The van der Waals surface area contributed by atoms with E-state index >= 15 is 0 Å². The smallest absolute Gasteiger partial charge is 0.152 e. The molecule has 0 bridgehead atoms. The van der Waals surface area contributed by atoms with Gasteiger partial charge in [-0.3, -0.25) is 4.79 Å². The number of carbonyl (C=O) groups is 1. The SMILES string of the molecule is Cc1c(C=O)c2cc(C(C)(C)C)ccc2n1C. The molecular weight excluding hydrogens is 210 g/mol. The molecule has 0 spiro atoms. The Bertz CT molecular complexity index is 585. The second-order valence-corrected chi connectivity index (χ2v) is 5.66. The van der Waals surface area contributed by atoms with Crippen LogP contribution in [0.15, 0.2) is 18.2 Å². The Hall–Kier alpha value is -1.57. The lowest BCUT2D eigenvalue weighted by Crippen LogP contribution is -2.10. The molecule has 0 amide bonds. The van der Waals surface area contributed by atoms with E-state index < -0.39 is 0 Å². The fourth-order valence-corrected chi connectivity index (χ4v) is 2.22. The van der Waals surface area contributed by atoms with E-state index in [-0.39, 0.29) is 5.41 Å². The van der Waals surface area contributed by atoms with E-state index in [4.69, 9.17) is 0 Å². The van der Waals surface area contributed by atoms with Gasteiger partial charge in [-0.05, 0) is 30.0 Å². The van der Waals surface area contributed by atoms with Crippen molar-refractivity contribution in [2.75, 3.05) is 0 Å². The monoisotopic (exact) mass is 229 g/mol. The zero-order valence-corrected chi connectivity index (χ0v) is 11.2. The predicted molar refractivity (Wildman–Crippen MR) is 71.7 cm³/mol. The summed E-state index contributed by atoms with van der Waals surface area (Å²) in [5, 5.41) is 1.06. The molecule has 0 atom stereocenters. The van der Waals surface area contributed by atoms with E-state index in [0.717, 1.165) is 28.4 Å². The summed E-state index contributed by atoms with van der Waals surface area (Å²) in [5.74, 6) is 0. The maximum absolute atomic E-state index is 11.2. The summed E-state index contributed by atoms with van der Waals surface area (Å²) in [6.45, 7) is 8.54. The van der Waals surface area contributed by atoms with Crippen LogP contribution in [0.4, 0.5) is 0 Å². The third kappa shape index (κ3) is 1.78. The first kappa shape index (κ1) is 11.9. The minimum absolute atomic E-state index is 0.109. The van der Waals surface area contributed by atoms with E-state index in [1.54, 1.807) is 0 Å². The van der Waals surface area contributed by atoms with Crippen LogP contribution in [0, 0.1) is 6.92 Å². The standard InChI is InChI=1S/C15H19NO/c1-10-13(9-17)12-8-11(15(2,3)4)6-7-14(12)16(10)5/h6-9H,1-5H3. The van der Waals surface area contributed by atoms with Crippen LogP contribution >= 0.6 is 0 Å². The summed E-state index contributed by atoms with van der Waals surface area (Å²) >= 11 is 0. The fourth-order valence-electron chi connectivity index (χ4n) is 2.22. The van der Waals surface area contributed by atoms with Crippen LogP contribution < -0.4 is 0 Å². The number of aldehydes is 1. The molecule has 0 aliphatic rings. The van der Waals surface area contributed by atoms with Crippen LogP contribution in [0.25, 0.3) is 10.9 Å². The summed E-state index contributed by atoms with van der Waals surface area (Å²) in [7, 11) is 2.00. The van der Waals surface area contributed by atoms with Crippen molar-refractivity contribution in [1.29, 1.82) is 0 Å². The van der Waals surface area contributed by atoms with Gasteiger partial charge < -0.3 is 4.57 Å². The summed E-state index contributed by atoms with van der Waals surface area (Å²) < 4.78 is 2.07. The summed E-state index contributed by atoms with van der Waals surface area (Å²) in [6, 6.07) is 6.40. The summed E-state index contributed by atoms with van der Waals surface area (Å²) in [5.41, 5.74) is 4.34. The maximum atomic E-state index is 11.2. The number of carbonyl (C=O) groups excluding carboxylic acids is 1. The van der Waals surface area contributed by atoms with Crippen LogP contribution in [0.2, 0.25) is 0 Å². The Labute approximate surface area is 102 Å².